The van der Waals surface area contributed by atoms with Crippen LogP contribution in [0.5, 0.6) is 11.5 Å². The largest absolute Gasteiger partial charge is 0.505 e. The van der Waals surface area contributed by atoms with Gasteiger partial charge in [-0.25, -0.2) is 8.78 Å². The fourth-order valence-corrected chi connectivity index (χ4v) is 4.87. The van der Waals surface area contributed by atoms with Crippen molar-refractivity contribution in [3.8, 4) is 11.5 Å². The highest BCUT2D eigenvalue weighted by atomic mass is 19.1. The van der Waals surface area contributed by atoms with Gasteiger partial charge in [-0.2, -0.15) is 0 Å². The third kappa shape index (κ3) is 9.14. The fourth-order valence-electron chi connectivity index (χ4n) is 4.87. The number of carbonyl (C=O) groups is 3. The van der Waals surface area contributed by atoms with Crippen LogP contribution in [0.1, 0.15) is 58.1 Å². The fraction of sp³-hybridized carbons (Fsp3) is 0.516. The lowest BCUT2D eigenvalue weighted by Crippen LogP contribution is -2.59. The Morgan fingerprint density at radius 1 is 1.00 bits per heavy atom. The van der Waals surface area contributed by atoms with E-state index in [0.29, 0.717) is 43.4 Å². The Balaban J connectivity index is 1.94. The Hall–Kier alpha value is -3.73. The Morgan fingerprint density at radius 2 is 1.76 bits per heavy atom. The van der Waals surface area contributed by atoms with Crippen molar-refractivity contribution in [1.82, 2.24) is 21.3 Å². The Bertz CT molecular complexity index is 1240. The number of phenols is 1. The van der Waals surface area contributed by atoms with Gasteiger partial charge in [-0.05, 0) is 67.9 Å². The van der Waals surface area contributed by atoms with Crippen molar-refractivity contribution in [2.75, 3.05) is 13.2 Å². The second-order valence-electron chi connectivity index (χ2n) is 11.1. The summed E-state index contributed by atoms with van der Waals surface area (Å²) in [5.41, 5.74) is 1.08. The average Bonchev–Trinajstić information content (AvgIpc) is 2.93. The highest BCUT2D eigenvalue weighted by Crippen LogP contribution is 2.24. The number of carbonyl (C=O) groups excluding carboxylic acids is 3. The highest BCUT2D eigenvalue weighted by molar-refractivity contribution is 5.93. The summed E-state index contributed by atoms with van der Waals surface area (Å²) in [6.07, 6.45) is 2.07. The Labute approximate surface area is 245 Å². The predicted molar refractivity (Wildman–Crippen MR) is 155 cm³/mol. The van der Waals surface area contributed by atoms with Crippen LogP contribution in [0.2, 0.25) is 0 Å². The second-order valence-corrected chi connectivity index (χ2v) is 11.1. The third-order valence-electron chi connectivity index (χ3n) is 7.16. The molecule has 1 aliphatic rings. The number of aromatic hydroxyl groups is 1. The molecular weight excluding hydrogens is 546 g/mol. The Kier molecular flexibility index (Phi) is 12.1. The molecule has 1 heterocycles. The number of ether oxygens (including phenoxy) is 1. The number of aryl methyl sites for hydroxylation is 1. The first-order chi connectivity index (χ1) is 20.0. The van der Waals surface area contributed by atoms with E-state index in [-0.39, 0.29) is 30.6 Å². The first kappa shape index (κ1) is 32.8. The molecule has 1 aliphatic heterocycles. The first-order valence-electron chi connectivity index (χ1n) is 14.5. The number of para-hydroxylation sites is 1. The lowest BCUT2D eigenvalue weighted by molar-refractivity contribution is -0.133. The number of hydrogen-bond donors (Lipinski definition) is 5. The van der Waals surface area contributed by atoms with Crippen molar-refractivity contribution in [1.29, 1.82) is 0 Å². The predicted octanol–water partition coefficient (Wildman–Crippen LogP) is 3.13. The van der Waals surface area contributed by atoms with E-state index >= 15 is 0 Å². The van der Waals surface area contributed by atoms with Crippen LogP contribution >= 0.6 is 0 Å². The van der Waals surface area contributed by atoms with Gasteiger partial charge in [-0.3, -0.25) is 19.7 Å². The van der Waals surface area contributed by atoms with Crippen LogP contribution in [-0.4, -0.2) is 60.1 Å². The van der Waals surface area contributed by atoms with Gasteiger partial charge in [0.25, 0.3) is 0 Å². The summed E-state index contributed by atoms with van der Waals surface area (Å²) >= 11 is 0. The standard InChI is InChI=1S/C31H42F2N4O5/c1-5-8-24-29(39)34-14-7-10-21-9-6-11-22(32)28(21)42-17-19(4)35-25(16-20-12-13-26(38)23(33)15-20)30(40)37-27(18(2)3)31(41)36-24/h6,9,11-13,15,18-19,24-25,27,35,38H,5,7-8,10,14,16-17H2,1-4H3,(H,34,39)(H,36,41)(H,37,40)/t19-,24-,25+,27+/m0/s1. The molecule has 5 N–H and O–H groups in total. The van der Waals surface area contributed by atoms with Crippen molar-refractivity contribution < 1.29 is 33.0 Å². The molecule has 0 spiro atoms. The summed E-state index contributed by atoms with van der Waals surface area (Å²) in [6.45, 7) is 7.59. The molecule has 3 amide bonds. The highest BCUT2D eigenvalue weighted by Gasteiger charge is 2.31. The van der Waals surface area contributed by atoms with Crippen LogP contribution in [0.3, 0.4) is 0 Å². The average molecular weight is 589 g/mol. The topological polar surface area (TPSA) is 129 Å². The number of benzene rings is 2. The molecule has 0 saturated carbocycles. The van der Waals surface area contributed by atoms with Crippen LogP contribution in [0.15, 0.2) is 36.4 Å². The minimum atomic E-state index is -0.947. The minimum Gasteiger partial charge on any atom is -0.505 e. The van der Waals surface area contributed by atoms with E-state index in [4.69, 9.17) is 4.74 Å². The molecule has 42 heavy (non-hydrogen) atoms. The summed E-state index contributed by atoms with van der Waals surface area (Å²) in [7, 11) is 0. The van der Waals surface area contributed by atoms with Crippen LogP contribution in [0.25, 0.3) is 0 Å². The van der Waals surface area contributed by atoms with E-state index in [0.717, 1.165) is 6.07 Å². The number of fused-ring (bicyclic) bond motifs is 1. The molecule has 0 fully saturated rings. The van der Waals surface area contributed by atoms with Gasteiger partial charge in [0, 0.05) is 12.6 Å². The summed E-state index contributed by atoms with van der Waals surface area (Å²) < 4.78 is 34.7. The molecule has 0 radical (unpaired) electrons. The normalized spacial score (nSPS) is 23.1. The van der Waals surface area contributed by atoms with E-state index in [1.54, 1.807) is 32.9 Å². The van der Waals surface area contributed by atoms with Gasteiger partial charge in [-0.15, -0.1) is 0 Å². The maximum atomic E-state index is 14.8. The zero-order valence-corrected chi connectivity index (χ0v) is 24.6. The van der Waals surface area contributed by atoms with E-state index in [9.17, 15) is 28.3 Å². The zero-order valence-electron chi connectivity index (χ0n) is 24.6. The summed E-state index contributed by atoms with van der Waals surface area (Å²) in [5.74, 6) is -3.39. The smallest absolute Gasteiger partial charge is 0.243 e. The van der Waals surface area contributed by atoms with Crippen molar-refractivity contribution in [3.63, 3.8) is 0 Å². The summed E-state index contributed by atoms with van der Waals surface area (Å²) in [6, 6.07) is 5.40. The van der Waals surface area contributed by atoms with E-state index in [1.807, 2.05) is 6.92 Å². The molecule has 0 unspecified atom stereocenters. The molecule has 11 heteroatoms. The zero-order chi connectivity index (χ0) is 30.8. The molecule has 3 rings (SSSR count). The first-order valence-corrected chi connectivity index (χ1v) is 14.5. The number of nitrogens with one attached hydrogen (secondary N) is 4. The van der Waals surface area contributed by atoms with Gasteiger partial charge in [0.2, 0.25) is 17.7 Å². The van der Waals surface area contributed by atoms with Gasteiger partial charge in [0.1, 0.15) is 18.7 Å². The second kappa shape index (κ2) is 15.5. The van der Waals surface area contributed by atoms with Gasteiger partial charge in [0.15, 0.2) is 23.1 Å². The maximum absolute atomic E-state index is 14.8. The molecule has 0 saturated heterocycles. The molecule has 0 aromatic heterocycles. The van der Waals surface area contributed by atoms with Crippen LogP contribution in [0, 0.1) is 17.6 Å². The van der Waals surface area contributed by atoms with Gasteiger partial charge in [0.05, 0.1) is 6.04 Å². The molecule has 0 bridgehead atoms. The third-order valence-corrected chi connectivity index (χ3v) is 7.16. The lowest BCUT2D eigenvalue weighted by Gasteiger charge is -2.29. The molecule has 9 nitrogen and oxygen atoms in total. The SMILES string of the molecule is CCC[C@@H]1NC(=O)[C@@H](C(C)C)NC(=O)[C@@H](Cc2ccc(O)c(F)c2)N[C@@H](C)COc2c(F)cccc2CCCNC1=O. The van der Waals surface area contributed by atoms with E-state index < -0.39 is 53.4 Å². The van der Waals surface area contributed by atoms with Crippen molar-refractivity contribution >= 4 is 17.7 Å². The quantitative estimate of drug-likeness (QED) is 0.365. The number of halogens is 2. The lowest BCUT2D eigenvalue weighted by atomic mass is 9.99. The monoisotopic (exact) mass is 588 g/mol. The van der Waals surface area contributed by atoms with Crippen molar-refractivity contribution in [2.24, 2.45) is 5.92 Å². The molecular formula is C31H42F2N4O5. The van der Waals surface area contributed by atoms with Crippen molar-refractivity contribution in [2.45, 2.75) is 84.0 Å². The van der Waals surface area contributed by atoms with Crippen molar-refractivity contribution in [3.05, 3.63) is 59.2 Å². The van der Waals surface area contributed by atoms with Gasteiger partial charge in [-0.1, -0.05) is 45.4 Å². The van der Waals surface area contributed by atoms with E-state index in [1.165, 1.54) is 18.2 Å². The molecule has 4 atom stereocenters. The summed E-state index contributed by atoms with van der Waals surface area (Å²) in [4.78, 5) is 39.9. The maximum Gasteiger partial charge on any atom is 0.243 e. The molecule has 2 aromatic rings. The molecule has 0 aliphatic carbocycles. The van der Waals surface area contributed by atoms with Gasteiger partial charge < -0.3 is 25.8 Å². The number of phenolic OH excluding ortho intramolecular Hbond substituents is 1. The number of amides is 3. The molecule has 230 valence electrons. The van der Waals surface area contributed by atoms with Gasteiger partial charge >= 0.3 is 0 Å². The van der Waals surface area contributed by atoms with Crippen LogP contribution < -0.4 is 26.0 Å². The number of hydrogen-bond acceptors (Lipinski definition) is 6. The van der Waals surface area contributed by atoms with Crippen LogP contribution in [0.4, 0.5) is 8.78 Å². The number of rotatable bonds is 5. The summed E-state index contributed by atoms with van der Waals surface area (Å²) in [5, 5.41) is 21.2. The molecule has 2 aromatic carbocycles. The Morgan fingerprint density at radius 3 is 2.45 bits per heavy atom. The minimum absolute atomic E-state index is 0.0190. The van der Waals surface area contributed by atoms with E-state index in [2.05, 4.69) is 21.3 Å². The van der Waals surface area contributed by atoms with Crippen LogP contribution in [-0.2, 0) is 27.2 Å².